The van der Waals surface area contributed by atoms with Gasteiger partial charge in [0.1, 0.15) is 24.4 Å². The third-order valence-electron chi connectivity index (χ3n) is 3.71. The van der Waals surface area contributed by atoms with Gasteiger partial charge in [-0.3, -0.25) is 0 Å². The highest BCUT2D eigenvalue weighted by atomic mass is 16.6. The van der Waals surface area contributed by atoms with E-state index in [4.69, 9.17) is 9.47 Å². The molecule has 124 valence electrons. The average molecular weight is 302 g/mol. The Morgan fingerprint density at radius 1 is 1.19 bits per heavy atom. The van der Waals surface area contributed by atoms with Gasteiger partial charge in [0, 0.05) is 6.61 Å². The zero-order chi connectivity index (χ0) is 15.5. The summed E-state index contributed by atoms with van der Waals surface area (Å²) in [7, 11) is 0. The van der Waals surface area contributed by atoms with Crippen LogP contribution in [0.25, 0.3) is 0 Å². The van der Waals surface area contributed by atoms with E-state index in [-0.39, 0.29) is 13.2 Å². The molecule has 0 aromatic carbocycles. The SMILES string of the molecule is CCC/C=C/CCCCCO[C@@H](CO)[C@H]1OC[C@@H](O)[C@H]1O. The van der Waals surface area contributed by atoms with Crippen molar-refractivity contribution in [3.05, 3.63) is 12.2 Å². The molecule has 5 heteroatoms. The fourth-order valence-electron chi connectivity index (χ4n) is 2.38. The number of allylic oxidation sites excluding steroid dienone is 2. The second kappa shape index (κ2) is 11.2. The van der Waals surface area contributed by atoms with Gasteiger partial charge in [-0.2, -0.15) is 0 Å². The normalized spacial score (nSPS) is 27.5. The summed E-state index contributed by atoms with van der Waals surface area (Å²) in [5, 5.41) is 28.5. The molecule has 0 amide bonds. The van der Waals surface area contributed by atoms with Gasteiger partial charge in [-0.1, -0.05) is 31.9 Å². The van der Waals surface area contributed by atoms with Gasteiger partial charge in [0.05, 0.1) is 13.2 Å². The fourth-order valence-corrected chi connectivity index (χ4v) is 2.38. The highest BCUT2D eigenvalue weighted by molar-refractivity contribution is 4.88. The second-order valence-corrected chi connectivity index (χ2v) is 5.56. The van der Waals surface area contributed by atoms with Crippen molar-refractivity contribution >= 4 is 0 Å². The number of aliphatic hydroxyl groups is 3. The molecule has 0 unspecified atom stereocenters. The number of aliphatic hydroxyl groups excluding tert-OH is 3. The van der Waals surface area contributed by atoms with E-state index in [1.807, 2.05) is 0 Å². The molecule has 1 aliphatic heterocycles. The van der Waals surface area contributed by atoms with Gasteiger partial charge in [0.25, 0.3) is 0 Å². The standard InChI is InChI=1S/C16H30O5/c1-2-3-4-5-6-7-8-9-10-20-14(11-17)16-15(19)13(18)12-21-16/h4-5,13-19H,2-3,6-12H2,1H3/b5-4+/t13-,14+,15-,16-/m1/s1. The molecule has 0 aromatic heterocycles. The van der Waals surface area contributed by atoms with Gasteiger partial charge < -0.3 is 24.8 Å². The molecule has 1 aliphatic rings. The van der Waals surface area contributed by atoms with E-state index in [0.717, 1.165) is 32.1 Å². The molecule has 1 rings (SSSR count). The van der Waals surface area contributed by atoms with Gasteiger partial charge in [0.15, 0.2) is 0 Å². The topological polar surface area (TPSA) is 79.2 Å². The summed E-state index contributed by atoms with van der Waals surface area (Å²) in [5.74, 6) is 0. The lowest BCUT2D eigenvalue weighted by atomic mass is 10.1. The van der Waals surface area contributed by atoms with Crippen molar-refractivity contribution in [2.24, 2.45) is 0 Å². The van der Waals surface area contributed by atoms with Crippen LogP contribution in [0.15, 0.2) is 12.2 Å². The smallest absolute Gasteiger partial charge is 0.114 e. The van der Waals surface area contributed by atoms with Crippen LogP contribution in [0.2, 0.25) is 0 Å². The minimum absolute atomic E-state index is 0.0930. The first-order chi connectivity index (χ1) is 10.2. The summed E-state index contributed by atoms with van der Waals surface area (Å²) >= 11 is 0. The third-order valence-corrected chi connectivity index (χ3v) is 3.71. The van der Waals surface area contributed by atoms with E-state index in [0.29, 0.717) is 6.61 Å². The van der Waals surface area contributed by atoms with Crippen molar-refractivity contribution in [1.82, 2.24) is 0 Å². The zero-order valence-electron chi connectivity index (χ0n) is 13.0. The van der Waals surface area contributed by atoms with Crippen LogP contribution in [-0.4, -0.2) is 59.6 Å². The second-order valence-electron chi connectivity index (χ2n) is 5.56. The zero-order valence-corrected chi connectivity index (χ0v) is 13.0. The maximum Gasteiger partial charge on any atom is 0.114 e. The van der Waals surface area contributed by atoms with Gasteiger partial charge in [-0.05, 0) is 25.7 Å². The van der Waals surface area contributed by atoms with Crippen LogP contribution in [0.3, 0.4) is 0 Å². The molecule has 0 radical (unpaired) electrons. The quantitative estimate of drug-likeness (QED) is 0.397. The molecule has 3 N–H and O–H groups in total. The largest absolute Gasteiger partial charge is 0.394 e. The molecule has 1 heterocycles. The van der Waals surface area contributed by atoms with Crippen LogP contribution in [0.5, 0.6) is 0 Å². The Morgan fingerprint density at radius 2 is 1.95 bits per heavy atom. The lowest BCUT2D eigenvalue weighted by molar-refractivity contribution is -0.101. The molecule has 0 aliphatic carbocycles. The summed E-state index contributed by atoms with van der Waals surface area (Å²) in [4.78, 5) is 0. The molecular formula is C16H30O5. The van der Waals surface area contributed by atoms with E-state index in [2.05, 4.69) is 19.1 Å². The number of hydrogen-bond donors (Lipinski definition) is 3. The first-order valence-corrected chi connectivity index (χ1v) is 8.05. The fraction of sp³-hybridized carbons (Fsp3) is 0.875. The predicted molar refractivity (Wildman–Crippen MR) is 81.1 cm³/mol. The molecule has 4 atom stereocenters. The Bertz CT molecular complexity index is 282. The molecule has 0 spiro atoms. The Labute approximate surface area is 127 Å². The van der Waals surface area contributed by atoms with Crippen LogP contribution in [0, 0.1) is 0 Å². The van der Waals surface area contributed by atoms with E-state index < -0.39 is 24.4 Å². The van der Waals surface area contributed by atoms with Gasteiger partial charge in [-0.15, -0.1) is 0 Å². The maximum atomic E-state index is 9.73. The van der Waals surface area contributed by atoms with Crippen LogP contribution in [0.1, 0.15) is 45.4 Å². The van der Waals surface area contributed by atoms with Crippen molar-refractivity contribution in [1.29, 1.82) is 0 Å². The van der Waals surface area contributed by atoms with Crippen LogP contribution >= 0.6 is 0 Å². The minimum atomic E-state index is -0.981. The summed E-state index contributed by atoms with van der Waals surface area (Å²) in [5.41, 5.74) is 0. The lowest BCUT2D eigenvalue weighted by Gasteiger charge is -2.24. The summed E-state index contributed by atoms with van der Waals surface area (Å²) in [6.45, 7) is 2.58. The highest BCUT2D eigenvalue weighted by Crippen LogP contribution is 2.19. The highest BCUT2D eigenvalue weighted by Gasteiger charge is 2.40. The number of ether oxygens (including phenoxy) is 2. The molecule has 0 saturated carbocycles. The van der Waals surface area contributed by atoms with Crippen molar-refractivity contribution in [2.45, 2.75) is 69.9 Å². The van der Waals surface area contributed by atoms with Crippen molar-refractivity contribution in [2.75, 3.05) is 19.8 Å². The molecule has 0 aromatic rings. The molecule has 0 bridgehead atoms. The van der Waals surface area contributed by atoms with Crippen LogP contribution in [0.4, 0.5) is 0 Å². The monoisotopic (exact) mass is 302 g/mol. The first kappa shape index (κ1) is 18.6. The molecule has 1 saturated heterocycles. The van der Waals surface area contributed by atoms with Gasteiger partial charge in [-0.25, -0.2) is 0 Å². The van der Waals surface area contributed by atoms with Gasteiger partial charge >= 0.3 is 0 Å². The molecule has 21 heavy (non-hydrogen) atoms. The van der Waals surface area contributed by atoms with Crippen molar-refractivity contribution in [3.63, 3.8) is 0 Å². The van der Waals surface area contributed by atoms with E-state index >= 15 is 0 Å². The van der Waals surface area contributed by atoms with Crippen molar-refractivity contribution < 1.29 is 24.8 Å². The van der Waals surface area contributed by atoms with E-state index in [9.17, 15) is 15.3 Å². The van der Waals surface area contributed by atoms with E-state index in [1.54, 1.807) is 0 Å². The molecular weight excluding hydrogens is 272 g/mol. The molecule has 1 fully saturated rings. The molecule has 5 nitrogen and oxygen atoms in total. The summed E-state index contributed by atoms with van der Waals surface area (Å²) in [6.07, 6.45) is 7.95. The first-order valence-electron chi connectivity index (χ1n) is 8.05. The van der Waals surface area contributed by atoms with Crippen LogP contribution < -0.4 is 0 Å². The predicted octanol–water partition coefficient (Wildman–Crippen LogP) is 1.40. The Hall–Kier alpha value is -0.460. The summed E-state index contributed by atoms with van der Waals surface area (Å²) < 4.78 is 10.8. The third kappa shape index (κ3) is 6.89. The number of unbranched alkanes of at least 4 members (excludes halogenated alkanes) is 4. The van der Waals surface area contributed by atoms with E-state index in [1.165, 1.54) is 6.42 Å². The Morgan fingerprint density at radius 3 is 2.57 bits per heavy atom. The minimum Gasteiger partial charge on any atom is -0.394 e. The number of rotatable bonds is 11. The maximum absolute atomic E-state index is 9.73. The van der Waals surface area contributed by atoms with Crippen molar-refractivity contribution in [3.8, 4) is 0 Å². The average Bonchev–Trinajstić information content (AvgIpc) is 2.82. The number of hydrogen-bond acceptors (Lipinski definition) is 5. The summed E-state index contributed by atoms with van der Waals surface area (Å²) in [6, 6.07) is 0. The Kier molecular flexibility index (Phi) is 9.87. The lowest BCUT2D eigenvalue weighted by Crippen LogP contribution is -2.42. The van der Waals surface area contributed by atoms with Crippen LogP contribution in [-0.2, 0) is 9.47 Å². The Balaban J connectivity index is 2.07. The van der Waals surface area contributed by atoms with Gasteiger partial charge in [0.2, 0.25) is 0 Å².